The van der Waals surface area contributed by atoms with Crippen LogP contribution < -0.4 is 15.4 Å². The number of hydrogen-bond donors (Lipinski definition) is 3. The Morgan fingerprint density at radius 2 is 1.66 bits per heavy atom. The zero-order valence-corrected chi connectivity index (χ0v) is 39.6. The zero-order chi connectivity index (χ0) is 45.7. The van der Waals surface area contributed by atoms with Crippen LogP contribution >= 0.6 is 0 Å². The molecule has 5 saturated carbocycles. The standard InChI is InChI=1S/C54H74N4O6/c1-35(2)40-19-25-54(27-26-52(6)41(46(40)54)17-18-44-51(5)23-21-45(59)50(3,4)43(51)20-24-53(44,52)7)49(62)55-28-22-36-11-9-12-38(31-36)47(60)56-32-37-13-15-39(16-14-37)64-30-10-29-58-33-42(57-34-58)48(61)63-8/h9,11-16,31,33-34,40-41,43-46,59H,1,10,17-30,32H2,2-8H3,(H,55,62)(H,56,60)/t40-,41?,43?,44?,45-,46?,51-,52+,53+,54-/m0/s1. The summed E-state index contributed by atoms with van der Waals surface area (Å²) in [5, 5.41) is 17.7. The van der Waals surface area contributed by atoms with Gasteiger partial charge in [0.2, 0.25) is 5.91 Å². The number of nitrogens with one attached hydrogen (secondary N) is 2. The predicted molar refractivity (Wildman–Crippen MR) is 249 cm³/mol. The van der Waals surface area contributed by atoms with Crippen LogP contribution in [0.4, 0.5) is 0 Å². The Kier molecular flexibility index (Phi) is 12.8. The number of carbonyl (C=O) groups is 3. The number of aryl methyl sites for hydroxylation is 1. The lowest BCUT2D eigenvalue weighted by molar-refractivity contribution is -0.246. The number of nitrogens with zero attached hydrogens (tertiary/aromatic N) is 2. The number of aliphatic hydroxyl groups is 1. The molecule has 0 spiro atoms. The Morgan fingerprint density at radius 1 is 0.875 bits per heavy atom. The van der Waals surface area contributed by atoms with Crippen LogP contribution in [0.5, 0.6) is 5.75 Å². The number of ether oxygens (including phenoxy) is 2. The average Bonchev–Trinajstić information content (AvgIpc) is 3.93. The third-order valence-corrected chi connectivity index (χ3v) is 18.6. The highest BCUT2D eigenvalue weighted by molar-refractivity contribution is 5.94. The fourth-order valence-electron chi connectivity index (χ4n) is 15.0. The van der Waals surface area contributed by atoms with E-state index in [0.717, 1.165) is 61.8 Å². The molecule has 10 atom stereocenters. The van der Waals surface area contributed by atoms with E-state index in [0.29, 0.717) is 67.8 Å². The third-order valence-electron chi connectivity index (χ3n) is 18.6. The number of rotatable bonds is 14. The van der Waals surface area contributed by atoms with Gasteiger partial charge >= 0.3 is 5.97 Å². The first-order valence-electron chi connectivity index (χ1n) is 24.3. The lowest BCUT2D eigenvalue weighted by Crippen LogP contribution is -2.67. The fraction of sp³-hybridized carbons (Fsp3) is 0.630. The van der Waals surface area contributed by atoms with Gasteiger partial charge in [0.25, 0.3) is 5.91 Å². The molecule has 0 saturated heterocycles. The Labute approximate surface area is 381 Å². The van der Waals surface area contributed by atoms with Gasteiger partial charge in [-0.2, -0.15) is 0 Å². The summed E-state index contributed by atoms with van der Waals surface area (Å²) in [6.45, 7) is 21.3. The molecule has 10 nitrogen and oxygen atoms in total. The second kappa shape index (κ2) is 17.7. The fourth-order valence-corrected chi connectivity index (χ4v) is 15.0. The molecule has 5 fully saturated rings. The molecule has 0 bridgehead atoms. The summed E-state index contributed by atoms with van der Waals surface area (Å²) in [4.78, 5) is 43.8. The van der Waals surface area contributed by atoms with Crippen LogP contribution in [-0.2, 0) is 29.0 Å². The summed E-state index contributed by atoms with van der Waals surface area (Å²) in [5.41, 5.74) is 4.26. The van der Waals surface area contributed by atoms with Crippen molar-refractivity contribution in [3.05, 3.63) is 95.6 Å². The van der Waals surface area contributed by atoms with E-state index in [4.69, 9.17) is 9.47 Å². The number of benzene rings is 2. The molecule has 346 valence electrons. The molecule has 5 aliphatic carbocycles. The molecule has 2 aromatic carbocycles. The number of amides is 2. The van der Waals surface area contributed by atoms with Crippen molar-refractivity contribution in [1.29, 1.82) is 0 Å². The largest absolute Gasteiger partial charge is 0.494 e. The number of fused-ring (bicyclic) bond motifs is 7. The molecule has 4 unspecified atom stereocenters. The topological polar surface area (TPSA) is 132 Å². The lowest BCUT2D eigenvalue weighted by Gasteiger charge is -2.72. The Morgan fingerprint density at radius 3 is 2.41 bits per heavy atom. The van der Waals surface area contributed by atoms with Gasteiger partial charge in [0.05, 0.1) is 31.6 Å². The summed E-state index contributed by atoms with van der Waals surface area (Å²) in [7, 11) is 1.34. The van der Waals surface area contributed by atoms with E-state index < -0.39 is 5.97 Å². The molecule has 64 heavy (non-hydrogen) atoms. The molecular weight excluding hydrogens is 801 g/mol. The molecule has 3 aromatic rings. The smallest absolute Gasteiger partial charge is 0.358 e. The first-order valence-corrected chi connectivity index (χ1v) is 24.3. The summed E-state index contributed by atoms with van der Waals surface area (Å²) in [6, 6.07) is 15.5. The molecular formula is C54H74N4O6. The minimum absolute atomic E-state index is 0.0616. The van der Waals surface area contributed by atoms with E-state index in [-0.39, 0.29) is 50.7 Å². The molecule has 0 aliphatic heterocycles. The number of aliphatic hydroxyl groups excluding tert-OH is 1. The van der Waals surface area contributed by atoms with Crippen LogP contribution in [0.15, 0.2) is 73.2 Å². The molecule has 8 rings (SSSR count). The van der Waals surface area contributed by atoms with Gasteiger partial charge in [-0.15, -0.1) is 0 Å². The molecule has 5 aliphatic rings. The second-order valence-corrected chi connectivity index (χ2v) is 21.9. The van der Waals surface area contributed by atoms with Crippen molar-refractivity contribution < 1.29 is 29.0 Å². The normalized spacial score (nSPS) is 33.7. The van der Waals surface area contributed by atoms with E-state index in [2.05, 4.69) is 63.7 Å². The number of carbonyl (C=O) groups excluding carboxylic acids is 3. The average molecular weight is 875 g/mol. The van der Waals surface area contributed by atoms with Crippen molar-refractivity contribution in [3.63, 3.8) is 0 Å². The Hall–Kier alpha value is -4.44. The predicted octanol–water partition coefficient (Wildman–Crippen LogP) is 9.75. The van der Waals surface area contributed by atoms with E-state index in [1.165, 1.54) is 38.4 Å². The van der Waals surface area contributed by atoms with Crippen molar-refractivity contribution >= 4 is 17.8 Å². The molecule has 1 aromatic heterocycles. The van der Waals surface area contributed by atoms with E-state index >= 15 is 0 Å². The van der Waals surface area contributed by atoms with E-state index in [1.807, 2.05) is 53.1 Å². The van der Waals surface area contributed by atoms with Gasteiger partial charge in [0, 0.05) is 31.4 Å². The number of aromatic nitrogens is 2. The van der Waals surface area contributed by atoms with Crippen molar-refractivity contribution in [1.82, 2.24) is 20.2 Å². The van der Waals surface area contributed by atoms with Gasteiger partial charge in [-0.3, -0.25) is 9.59 Å². The van der Waals surface area contributed by atoms with Crippen LogP contribution in [0.1, 0.15) is 144 Å². The number of allylic oxidation sites excluding steroid dienone is 1. The maximum absolute atomic E-state index is 14.8. The highest BCUT2D eigenvalue weighted by Gasteiger charge is 2.71. The molecule has 0 radical (unpaired) electrons. The minimum atomic E-state index is -0.455. The Bertz CT molecular complexity index is 2220. The summed E-state index contributed by atoms with van der Waals surface area (Å²) >= 11 is 0. The van der Waals surface area contributed by atoms with Gasteiger partial charge in [0.15, 0.2) is 5.69 Å². The van der Waals surface area contributed by atoms with E-state index in [9.17, 15) is 19.5 Å². The van der Waals surface area contributed by atoms with E-state index in [1.54, 1.807) is 12.5 Å². The SMILES string of the molecule is C=C(C)[C@@H]1CC[C@]2(C(=O)NCCc3cccc(C(=O)NCc4ccc(OCCCn5cnc(C(=O)OC)c5)cc4)c3)CC[C@]3(C)C(CCC4[C@@]5(C)CC[C@H](O)C(C)(C)C5CC[C@]43C)C12. The van der Waals surface area contributed by atoms with Crippen LogP contribution in [0, 0.1) is 56.7 Å². The lowest BCUT2D eigenvalue weighted by atomic mass is 9.32. The van der Waals surface area contributed by atoms with Crippen molar-refractivity contribution in [2.45, 2.75) is 138 Å². The summed E-state index contributed by atoms with van der Waals surface area (Å²) in [6.07, 6.45) is 15.3. The second-order valence-electron chi connectivity index (χ2n) is 21.9. The van der Waals surface area contributed by atoms with Gasteiger partial charge < -0.3 is 29.8 Å². The quantitative estimate of drug-likeness (QED) is 0.0835. The third kappa shape index (κ3) is 8.02. The maximum atomic E-state index is 14.8. The number of esters is 1. The van der Waals surface area contributed by atoms with Crippen LogP contribution in [0.2, 0.25) is 0 Å². The first kappa shape index (κ1) is 46.1. The van der Waals surface area contributed by atoms with Crippen LogP contribution in [0.3, 0.4) is 0 Å². The molecule has 2 amide bonds. The van der Waals surface area contributed by atoms with Crippen LogP contribution in [0.25, 0.3) is 0 Å². The summed E-state index contributed by atoms with van der Waals surface area (Å²) in [5.74, 6) is 2.70. The van der Waals surface area contributed by atoms with Gasteiger partial charge in [-0.25, -0.2) is 9.78 Å². The highest BCUT2D eigenvalue weighted by Crippen LogP contribution is 2.77. The molecule has 10 heteroatoms. The summed E-state index contributed by atoms with van der Waals surface area (Å²) < 4.78 is 12.5. The first-order chi connectivity index (χ1) is 30.5. The minimum Gasteiger partial charge on any atom is -0.494 e. The monoisotopic (exact) mass is 875 g/mol. The van der Waals surface area contributed by atoms with Gasteiger partial charge in [-0.05, 0) is 171 Å². The molecule has 3 N–H and O–H groups in total. The van der Waals surface area contributed by atoms with Crippen molar-refractivity contribution in [2.75, 3.05) is 20.3 Å². The number of hydrogen-bond acceptors (Lipinski definition) is 7. The Balaban J connectivity index is 0.850. The zero-order valence-electron chi connectivity index (χ0n) is 39.6. The van der Waals surface area contributed by atoms with Crippen molar-refractivity contribution in [2.24, 2.45) is 56.7 Å². The number of methoxy groups -OCH3 is 1. The maximum Gasteiger partial charge on any atom is 0.358 e. The van der Waals surface area contributed by atoms with Crippen LogP contribution in [-0.4, -0.2) is 58.8 Å². The van der Waals surface area contributed by atoms with Crippen molar-refractivity contribution in [3.8, 4) is 5.75 Å². The molecule has 1 heterocycles. The highest BCUT2D eigenvalue weighted by atomic mass is 16.5. The number of imidazole rings is 1. The van der Waals surface area contributed by atoms with Gasteiger partial charge in [0.1, 0.15) is 5.75 Å². The van der Waals surface area contributed by atoms with Gasteiger partial charge in [-0.1, -0.05) is 71.0 Å².